The predicted molar refractivity (Wildman–Crippen MR) is 113 cm³/mol. The molecule has 0 aromatic heterocycles. The molecule has 0 spiro atoms. The molecule has 3 aromatic rings. The van der Waals surface area contributed by atoms with E-state index in [-0.39, 0.29) is 12.5 Å². The van der Waals surface area contributed by atoms with Crippen LogP contribution in [0.1, 0.15) is 11.1 Å². The second-order valence-electron chi connectivity index (χ2n) is 6.40. The molecular weight excluding hydrogens is 372 g/mol. The highest BCUT2D eigenvalue weighted by atomic mass is 35.5. The van der Waals surface area contributed by atoms with E-state index in [1.165, 1.54) is 0 Å². The summed E-state index contributed by atoms with van der Waals surface area (Å²) in [4.78, 5) is 19.1. The zero-order chi connectivity index (χ0) is 19.3. The molecule has 0 atom stereocenters. The van der Waals surface area contributed by atoms with Crippen LogP contribution in [0.15, 0.2) is 83.9 Å². The summed E-state index contributed by atoms with van der Waals surface area (Å²) in [5.74, 6) is 0.716. The van der Waals surface area contributed by atoms with Crippen molar-refractivity contribution in [3.05, 3.63) is 95.0 Å². The summed E-state index contributed by atoms with van der Waals surface area (Å²) >= 11 is 6.27. The van der Waals surface area contributed by atoms with Gasteiger partial charge in [0.05, 0.1) is 17.9 Å². The maximum Gasteiger partial charge on any atom is 0.248 e. The SMILES string of the molecule is O=C1CN=C(c2ccccc2)c2cc(Cl)ccc2N1CCOc1ccccc1. The van der Waals surface area contributed by atoms with Gasteiger partial charge in [0.1, 0.15) is 18.9 Å². The topological polar surface area (TPSA) is 41.9 Å². The third kappa shape index (κ3) is 3.92. The lowest BCUT2D eigenvalue weighted by atomic mass is 10.0. The standard InChI is InChI=1S/C23H19ClN2O2/c24-18-11-12-21-20(15-18)23(17-7-3-1-4-8-17)25-16-22(27)26(21)13-14-28-19-9-5-2-6-10-19/h1-12,15H,13-14,16H2. The Labute approximate surface area is 169 Å². The number of halogens is 1. The average Bonchev–Trinajstić information content (AvgIpc) is 2.86. The first-order chi connectivity index (χ1) is 13.7. The van der Waals surface area contributed by atoms with Crippen LogP contribution in [0.4, 0.5) is 5.69 Å². The first kappa shape index (κ1) is 18.3. The number of carbonyl (C=O) groups excluding carboxylic acids is 1. The molecule has 1 heterocycles. The lowest BCUT2D eigenvalue weighted by Crippen LogP contribution is -2.36. The molecule has 0 radical (unpaired) electrons. The van der Waals surface area contributed by atoms with Crippen molar-refractivity contribution >= 4 is 28.9 Å². The molecule has 4 rings (SSSR count). The first-order valence-electron chi connectivity index (χ1n) is 9.10. The Morgan fingerprint density at radius 3 is 2.43 bits per heavy atom. The van der Waals surface area contributed by atoms with E-state index in [1.54, 1.807) is 11.0 Å². The molecule has 4 nitrogen and oxygen atoms in total. The zero-order valence-corrected chi connectivity index (χ0v) is 16.0. The van der Waals surface area contributed by atoms with Crippen molar-refractivity contribution in [2.75, 3.05) is 24.6 Å². The van der Waals surface area contributed by atoms with Crippen LogP contribution in [-0.4, -0.2) is 31.3 Å². The fourth-order valence-corrected chi connectivity index (χ4v) is 3.42. The van der Waals surface area contributed by atoms with Crippen LogP contribution in [0.25, 0.3) is 0 Å². The Morgan fingerprint density at radius 1 is 0.964 bits per heavy atom. The smallest absolute Gasteiger partial charge is 0.248 e. The number of ether oxygens (including phenoxy) is 1. The minimum absolute atomic E-state index is 0.0637. The van der Waals surface area contributed by atoms with Gasteiger partial charge in [-0.2, -0.15) is 0 Å². The molecule has 1 amide bonds. The summed E-state index contributed by atoms with van der Waals surface area (Å²) in [6, 6.07) is 25.0. The Kier molecular flexibility index (Phi) is 5.40. The summed E-state index contributed by atoms with van der Waals surface area (Å²) in [6.45, 7) is 0.903. The summed E-state index contributed by atoms with van der Waals surface area (Å²) in [7, 11) is 0. The van der Waals surface area contributed by atoms with Crippen molar-refractivity contribution in [1.82, 2.24) is 0 Å². The molecular formula is C23H19ClN2O2. The number of para-hydroxylation sites is 1. The Morgan fingerprint density at radius 2 is 1.68 bits per heavy atom. The van der Waals surface area contributed by atoms with E-state index < -0.39 is 0 Å². The summed E-state index contributed by atoms with van der Waals surface area (Å²) in [6.07, 6.45) is 0. The molecule has 5 heteroatoms. The van der Waals surface area contributed by atoms with Crippen LogP contribution in [0.5, 0.6) is 5.75 Å². The highest BCUT2D eigenvalue weighted by molar-refractivity contribution is 6.32. The normalized spacial score (nSPS) is 13.5. The number of anilines is 1. The zero-order valence-electron chi connectivity index (χ0n) is 15.2. The monoisotopic (exact) mass is 390 g/mol. The molecule has 0 saturated carbocycles. The predicted octanol–water partition coefficient (Wildman–Crippen LogP) is 4.60. The largest absolute Gasteiger partial charge is 0.492 e. The number of benzodiazepines with no additional fused rings is 1. The number of rotatable bonds is 5. The third-order valence-corrected chi connectivity index (χ3v) is 4.79. The minimum atomic E-state index is -0.0637. The van der Waals surface area contributed by atoms with Crippen LogP contribution in [0, 0.1) is 0 Å². The molecule has 0 N–H and O–H groups in total. The van der Waals surface area contributed by atoms with Crippen molar-refractivity contribution in [1.29, 1.82) is 0 Å². The molecule has 1 aliphatic heterocycles. The van der Waals surface area contributed by atoms with E-state index in [0.29, 0.717) is 18.2 Å². The number of amides is 1. The molecule has 0 bridgehead atoms. The van der Waals surface area contributed by atoms with E-state index in [9.17, 15) is 4.79 Å². The van der Waals surface area contributed by atoms with Crippen LogP contribution < -0.4 is 9.64 Å². The second-order valence-corrected chi connectivity index (χ2v) is 6.84. The number of fused-ring (bicyclic) bond motifs is 1. The van der Waals surface area contributed by atoms with Gasteiger partial charge in [0, 0.05) is 16.1 Å². The fourth-order valence-electron chi connectivity index (χ4n) is 3.24. The Balaban J connectivity index is 1.64. The van der Waals surface area contributed by atoms with E-state index in [4.69, 9.17) is 16.3 Å². The molecule has 1 aliphatic rings. The van der Waals surface area contributed by atoms with Gasteiger partial charge in [0.15, 0.2) is 0 Å². The van der Waals surface area contributed by atoms with Gasteiger partial charge in [0.25, 0.3) is 0 Å². The molecule has 0 fully saturated rings. The second kappa shape index (κ2) is 8.28. The van der Waals surface area contributed by atoms with E-state index in [1.807, 2.05) is 72.8 Å². The maximum atomic E-state index is 12.8. The Bertz CT molecular complexity index is 1000. The van der Waals surface area contributed by atoms with Gasteiger partial charge in [-0.25, -0.2) is 0 Å². The number of hydrogen-bond acceptors (Lipinski definition) is 3. The van der Waals surface area contributed by atoms with E-state index in [0.717, 1.165) is 28.3 Å². The fraction of sp³-hybridized carbons (Fsp3) is 0.130. The van der Waals surface area contributed by atoms with Crippen LogP contribution in [-0.2, 0) is 4.79 Å². The number of nitrogens with zero attached hydrogens (tertiary/aromatic N) is 2. The van der Waals surface area contributed by atoms with Crippen molar-refractivity contribution < 1.29 is 9.53 Å². The molecule has 0 saturated heterocycles. The lowest BCUT2D eigenvalue weighted by molar-refractivity contribution is -0.117. The number of carbonyl (C=O) groups is 1. The van der Waals surface area contributed by atoms with Gasteiger partial charge in [-0.3, -0.25) is 9.79 Å². The molecule has 3 aromatic carbocycles. The maximum absolute atomic E-state index is 12.8. The van der Waals surface area contributed by atoms with Crippen molar-refractivity contribution in [2.24, 2.45) is 4.99 Å². The van der Waals surface area contributed by atoms with Gasteiger partial charge in [-0.15, -0.1) is 0 Å². The van der Waals surface area contributed by atoms with Gasteiger partial charge < -0.3 is 9.64 Å². The van der Waals surface area contributed by atoms with Gasteiger partial charge in [-0.05, 0) is 30.3 Å². The van der Waals surface area contributed by atoms with Gasteiger partial charge in [0.2, 0.25) is 5.91 Å². The van der Waals surface area contributed by atoms with E-state index >= 15 is 0 Å². The highest BCUT2D eigenvalue weighted by Gasteiger charge is 2.25. The molecule has 0 unspecified atom stereocenters. The molecule has 0 aliphatic carbocycles. The quantitative estimate of drug-likeness (QED) is 0.638. The van der Waals surface area contributed by atoms with Crippen LogP contribution in [0.3, 0.4) is 0 Å². The van der Waals surface area contributed by atoms with Crippen molar-refractivity contribution in [3.8, 4) is 5.75 Å². The number of benzene rings is 3. The summed E-state index contributed by atoms with van der Waals surface area (Å²) in [5.41, 5.74) is 3.38. The third-order valence-electron chi connectivity index (χ3n) is 4.55. The Hall–Kier alpha value is -3.11. The van der Waals surface area contributed by atoms with Crippen molar-refractivity contribution in [2.45, 2.75) is 0 Å². The van der Waals surface area contributed by atoms with Crippen LogP contribution >= 0.6 is 11.6 Å². The molecule has 140 valence electrons. The van der Waals surface area contributed by atoms with Gasteiger partial charge in [-0.1, -0.05) is 60.1 Å². The highest BCUT2D eigenvalue weighted by Crippen LogP contribution is 2.29. The van der Waals surface area contributed by atoms with Crippen LogP contribution in [0.2, 0.25) is 5.02 Å². The first-order valence-corrected chi connectivity index (χ1v) is 9.48. The van der Waals surface area contributed by atoms with Crippen molar-refractivity contribution in [3.63, 3.8) is 0 Å². The lowest BCUT2D eigenvalue weighted by Gasteiger charge is -2.23. The average molecular weight is 391 g/mol. The summed E-state index contributed by atoms with van der Waals surface area (Å²) in [5, 5.41) is 0.609. The number of aliphatic imine (C=N–C) groups is 1. The minimum Gasteiger partial charge on any atom is -0.492 e. The molecule has 28 heavy (non-hydrogen) atoms. The summed E-state index contributed by atoms with van der Waals surface area (Å²) < 4.78 is 5.79. The number of hydrogen-bond donors (Lipinski definition) is 0. The van der Waals surface area contributed by atoms with E-state index in [2.05, 4.69) is 4.99 Å². The van der Waals surface area contributed by atoms with Gasteiger partial charge >= 0.3 is 0 Å².